The molecule has 0 aliphatic heterocycles. The predicted molar refractivity (Wildman–Crippen MR) is 134 cm³/mol. The van der Waals surface area contributed by atoms with Gasteiger partial charge in [-0.3, -0.25) is 0 Å². The van der Waals surface area contributed by atoms with Crippen LogP contribution in [0.1, 0.15) is 122 Å². The molecular formula is C28H58O2. The molecule has 0 heterocycles. The number of hydrogen-bond acceptors (Lipinski definition) is 2. The van der Waals surface area contributed by atoms with Crippen molar-refractivity contribution in [1.29, 1.82) is 0 Å². The van der Waals surface area contributed by atoms with Crippen molar-refractivity contribution in [2.45, 2.75) is 134 Å². The first-order valence-electron chi connectivity index (χ1n) is 12.9. The Balaban J connectivity index is 0.000000579. The van der Waals surface area contributed by atoms with E-state index in [9.17, 15) is 10.2 Å². The molecule has 2 heteroatoms. The second-order valence-electron chi connectivity index (χ2n) is 13.2. The molecule has 1 aliphatic rings. The number of aliphatic hydroxyl groups excluding tert-OH is 2. The number of rotatable bonds is 7. The molecule has 7 unspecified atom stereocenters. The van der Waals surface area contributed by atoms with Crippen LogP contribution in [-0.2, 0) is 0 Å². The SMILES string of the molecule is CC1CC(O)C(C(C)(C)C)CC1C.CCC(C(O)CC(C)CCC(C)C)C(C)(C)C. The van der Waals surface area contributed by atoms with Crippen molar-refractivity contribution in [2.24, 2.45) is 46.3 Å². The minimum Gasteiger partial charge on any atom is -0.393 e. The van der Waals surface area contributed by atoms with Gasteiger partial charge in [-0.1, -0.05) is 102 Å². The highest BCUT2D eigenvalue weighted by Gasteiger charge is 2.38. The summed E-state index contributed by atoms with van der Waals surface area (Å²) >= 11 is 0. The zero-order valence-corrected chi connectivity index (χ0v) is 22.8. The van der Waals surface area contributed by atoms with Crippen LogP contribution >= 0.6 is 0 Å². The summed E-state index contributed by atoms with van der Waals surface area (Å²) in [6, 6.07) is 0. The van der Waals surface area contributed by atoms with Crippen molar-refractivity contribution in [3.8, 4) is 0 Å². The first-order chi connectivity index (χ1) is 13.5. The van der Waals surface area contributed by atoms with Crippen molar-refractivity contribution >= 4 is 0 Å². The lowest BCUT2D eigenvalue weighted by atomic mass is 9.65. The highest BCUT2D eigenvalue weighted by atomic mass is 16.3. The Kier molecular flexibility index (Phi) is 12.8. The molecule has 0 aromatic rings. The lowest BCUT2D eigenvalue weighted by Gasteiger charge is -2.43. The molecule has 1 saturated carbocycles. The van der Waals surface area contributed by atoms with Gasteiger partial charge in [-0.25, -0.2) is 0 Å². The summed E-state index contributed by atoms with van der Waals surface area (Å²) in [6.07, 6.45) is 6.52. The molecule has 1 rings (SSSR count). The molecule has 2 N–H and O–H groups in total. The molecule has 30 heavy (non-hydrogen) atoms. The van der Waals surface area contributed by atoms with Gasteiger partial charge in [-0.15, -0.1) is 0 Å². The van der Waals surface area contributed by atoms with E-state index in [1.165, 1.54) is 19.3 Å². The fraction of sp³-hybridized carbons (Fsp3) is 1.00. The summed E-state index contributed by atoms with van der Waals surface area (Å²) in [5.41, 5.74) is 0.472. The molecule has 0 saturated heterocycles. The van der Waals surface area contributed by atoms with Crippen LogP contribution in [0.3, 0.4) is 0 Å². The molecule has 0 radical (unpaired) electrons. The van der Waals surface area contributed by atoms with Crippen molar-refractivity contribution in [1.82, 2.24) is 0 Å². The van der Waals surface area contributed by atoms with Crippen molar-refractivity contribution in [3.05, 3.63) is 0 Å². The molecule has 1 fully saturated rings. The van der Waals surface area contributed by atoms with E-state index in [-0.39, 0.29) is 23.0 Å². The summed E-state index contributed by atoms with van der Waals surface area (Å²) < 4.78 is 0. The molecule has 1 aliphatic carbocycles. The minimum absolute atomic E-state index is 0.0776. The van der Waals surface area contributed by atoms with Gasteiger partial charge in [-0.05, 0) is 65.6 Å². The summed E-state index contributed by atoms with van der Waals surface area (Å²) in [4.78, 5) is 0. The van der Waals surface area contributed by atoms with Crippen LogP contribution < -0.4 is 0 Å². The highest BCUT2D eigenvalue weighted by molar-refractivity contribution is 4.88. The molecule has 0 spiro atoms. The zero-order valence-electron chi connectivity index (χ0n) is 22.8. The van der Waals surface area contributed by atoms with Gasteiger partial charge < -0.3 is 10.2 Å². The maximum Gasteiger partial charge on any atom is 0.0576 e. The molecular weight excluding hydrogens is 368 g/mol. The van der Waals surface area contributed by atoms with Gasteiger partial charge in [0.1, 0.15) is 0 Å². The van der Waals surface area contributed by atoms with Gasteiger partial charge in [0.25, 0.3) is 0 Å². The van der Waals surface area contributed by atoms with Crippen LogP contribution in [0, 0.1) is 46.3 Å². The van der Waals surface area contributed by atoms with Crippen LogP contribution in [0.2, 0.25) is 0 Å². The first-order valence-corrected chi connectivity index (χ1v) is 12.9. The Morgan fingerprint density at radius 2 is 1.37 bits per heavy atom. The number of aliphatic hydroxyl groups is 2. The lowest BCUT2D eigenvalue weighted by Crippen LogP contribution is -2.40. The topological polar surface area (TPSA) is 40.5 Å². The summed E-state index contributed by atoms with van der Waals surface area (Å²) in [5.74, 6) is 3.78. The average molecular weight is 427 g/mol. The van der Waals surface area contributed by atoms with Crippen LogP contribution in [-0.4, -0.2) is 22.4 Å². The van der Waals surface area contributed by atoms with Crippen LogP contribution in [0.5, 0.6) is 0 Å². The summed E-state index contributed by atoms with van der Waals surface area (Å²) in [6.45, 7) is 27.0. The Bertz CT molecular complexity index is 443. The quantitative estimate of drug-likeness (QED) is 0.433. The van der Waals surface area contributed by atoms with E-state index in [2.05, 4.69) is 83.1 Å². The lowest BCUT2D eigenvalue weighted by molar-refractivity contribution is -0.0258. The average Bonchev–Trinajstić information content (AvgIpc) is 2.55. The fourth-order valence-corrected chi connectivity index (χ4v) is 5.27. The second-order valence-corrected chi connectivity index (χ2v) is 13.2. The number of hydrogen-bond donors (Lipinski definition) is 2. The zero-order chi connectivity index (χ0) is 23.9. The van der Waals surface area contributed by atoms with Crippen molar-refractivity contribution < 1.29 is 10.2 Å². The molecule has 7 atom stereocenters. The molecule has 0 aromatic carbocycles. The summed E-state index contributed by atoms with van der Waals surface area (Å²) in [5, 5.41) is 20.4. The third kappa shape index (κ3) is 11.0. The van der Waals surface area contributed by atoms with E-state index < -0.39 is 0 Å². The predicted octanol–water partition coefficient (Wildman–Crippen LogP) is 7.96. The summed E-state index contributed by atoms with van der Waals surface area (Å²) in [7, 11) is 0. The van der Waals surface area contributed by atoms with E-state index in [1.54, 1.807) is 0 Å². The van der Waals surface area contributed by atoms with E-state index in [0.29, 0.717) is 23.7 Å². The van der Waals surface area contributed by atoms with Gasteiger partial charge in [0.2, 0.25) is 0 Å². The maximum atomic E-state index is 10.4. The molecule has 0 bridgehead atoms. The standard InChI is InChI=1S/C16H34O.C12H24O/c1-8-14(16(5,6)7)15(17)11-13(4)10-9-12(2)3;1-8-6-10(12(3,4)5)11(13)7-9(8)2/h12-15,17H,8-11H2,1-7H3;8-11,13H,6-7H2,1-5H3. The molecule has 2 nitrogen and oxygen atoms in total. The van der Waals surface area contributed by atoms with E-state index >= 15 is 0 Å². The third-order valence-corrected chi connectivity index (χ3v) is 7.68. The van der Waals surface area contributed by atoms with Crippen LogP contribution in [0.4, 0.5) is 0 Å². The normalized spacial score (nSPS) is 28.5. The van der Waals surface area contributed by atoms with Gasteiger partial charge in [0, 0.05) is 0 Å². The van der Waals surface area contributed by atoms with Gasteiger partial charge in [0.05, 0.1) is 12.2 Å². The van der Waals surface area contributed by atoms with E-state index in [0.717, 1.165) is 31.1 Å². The monoisotopic (exact) mass is 426 g/mol. The van der Waals surface area contributed by atoms with Crippen molar-refractivity contribution in [2.75, 3.05) is 0 Å². The molecule has 182 valence electrons. The van der Waals surface area contributed by atoms with Crippen LogP contribution in [0.15, 0.2) is 0 Å². The van der Waals surface area contributed by atoms with E-state index in [4.69, 9.17) is 0 Å². The van der Waals surface area contributed by atoms with Crippen LogP contribution in [0.25, 0.3) is 0 Å². The van der Waals surface area contributed by atoms with Crippen molar-refractivity contribution in [3.63, 3.8) is 0 Å². The largest absolute Gasteiger partial charge is 0.393 e. The van der Waals surface area contributed by atoms with Gasteiger partial charge in [-0.2, -0.15) is 0 Å². The molecule has 0 aromatic heterocycles. The Morgan fingerprint density at radius 1 is 0.867 bits per heavy atom. The first kappa shape index (κ1) is 29.9. The Labute approximate surface area is 190 Å². The minimum atomic E-state index is -0.137. The second kappa shape index (κ2) is 12.8. The smallest absolute Gasteiger partial charge is 0.0576 e. The highest BCUT2D eigenvalue weighted by Crippen LogP contribution is 2.42. The fourth-order valence-electron chi connectivity index (χ4n) is 5.27. The Hall–Kier alpha value is -0.0800. The molecule has 0 amide bonds. The maximum absolute atomic E-state index is 10.4. The van der Waals surface area contributed by atoms with E-state index in [1.807, 2.05) is 0 Å². The Morgan fingerprint density at radius 3 is 1.77 bits per heavy atom. The van der Waals surface area contributed by atoms with Gasteiger partial charge >= 0.3 is 0 Å². The third-order valence-electron chi connectivity index (χ3n) is 7.68. The van der Waals surface area contributed by atoms with Gasteiger partial charge in [0.15, 0.2) is 0 Å².